The normalized spacial score (nSPS) is 11.0. The fourth-order valence-corrected chi connectivity index (χ4v) is 4.71. The van der Waals surface area contributed by atoms with Crippen molar-refractivity contribution in [1.82, 2.24) is 4.98 Å². The molecule has 1 amide bonds. The highest BCUT2D eigenvalue weighted by Gasteiger charge is 2.18. The minimum Gasteiger partial charge on any atom is -0.312 e. The molecule has 5 heteroatoms. The quantitative estimate of drug-likeness (QED) is 0.451. The largest absolute Gasteiger partial charge is 0.312 e. The van der Waals surface area contributed by atoms with Crippen LogP contribution in [0.3, 0.4) is 0 Å². The molecule has 0 saturated heterocycles. The van der Waals surface area contributed by atoms with Gasteiger partial charge in [-0.15, -0.1) is 22.7 Å². The number of fused-ring (bicyclic) bond motifs is 1. The predicted molar refractivity (Wildman–Crippen MR) is 111 cm³/mol. The Bertz CT molecular complexity index is 1030. The van der Waals surface area contributed by atoms with Crippen LogP contribution in [0, 0.1) is 0 Å². The molecule has 2 aromatic carbocycles. The molecule has 130 valence electrons. The van der Waals surface area contributed by atoms with Gasteiger partial charge in [0.2, 0.25) is 5.91 Å². The molecular formula is C21H18N2OS2. The summed E-state index contributed by atoms with van der Waals surface area (Å²) in [6, 6.07) is 18.3. The number of aromatic nitrogens is 1. The van der Waals surface area contributed by atoms with E-state index in [0.29, 0.717) is 13.0 Å². The first-order chi connectivity index (χ1) is 12.8. The van der Waals surface area contributed by atoms with Crippen LogP contribution in [0.15, 0.2) is 65.4 Å². The molecule has 0 radical (unpaired) electrons. The van der Waals surface area contributed by atoms with Crippen LogP contribution in [0.25, 0.3) is 20.7 Å². The summed E-state index contributed by atoms with van der Waals surface area (Å²) in [5.41, 5.74) is 1.80. The van der Waals surface area contributed by atoms with Gasteiger partial charge in [0.15, 0.2) is 0 Å². The van der Waals surface area contributed by atoms with E-state index in [-0.39, 0.29) is 5.91 Å². The first-order valence-electron chi connectivity index (χ1n) is 8.52. The smallest absolute Gasteiger partial charge is 0.233 e. The van der Waals surface area contributed by atoms with Crippen LogP contribution in [0.4, 0.5) is 5.69 Å². The molecule has 0 aliphatic carbocycles. The zero-order chi connectivity index (χ0) is 17.9. The summed E-state index contributed by atoms with van der Waals surface area (Å²) in [6.07, 6.45) is 0.318. The SMILES string of the molecule is CCN(C(=O)Cc1csc(-c2cccs2)n1)c1cccc2ccccc12. The van der Waals surface area contributed by atoms with Crippen LogP contribution >= 0.6 is 22.7 Å². The third-order valence-corrected chi connectivity index (χ3v) is 6.22. The van der Waals surface area contributed by atoms with Crippen LogP contribution in [0.2, 0.25) is 0 Å². The lowest BCUT2D eigenvalue weighted by Gasteiger charge is -2.22. The van der Waals surface area contributed by atoms with Gasteiger partial charge in [-0.1, -0.05) is 42.5 Å². The molecule has 0 N–H and O–H groups in total. The van der Waals surface area contributed by atoms with Crippen molar-refractivity contribution in [2.75, 3.05) is 11.4 Å². The van der Waals surface area contributed by atoms with E-state index in [1.807, 2.05) is 52.9 Å². The fourth-order valence-electron chi connectivity index (χ4n) is 3.08. The standard InChI is InChI=1S/C21H18N2OS2/c1-2-23(18-10-5-8-15-7-3-4-9-17(15)18)20(24)13-16-14-26-21(22-16)19-11-6-12-25-19/h3-12,14H,2,13H2,1H3. The van der Waals surface area contributed by atoms with Gasteiger partial charge in [-0.2, -0.15) is 0 Å². The first kappa shape index (κ1) is 16.9. The van der Waals surface area contributed by atoms with Gasteiger partial charge in [-0.3, -0.25) is 4.79 Å². The number of likely N-dealkylation sites (N-methyl/N-ethyl adjacent to an activating group) is 1. The molecule has 3 nitrogen and oxygen atoms in total. The van der Waals surface area contributed by atoms with Crippen molar-refractivity contribution in [2.24, 2.45) is 0 Å². The Morgan fingerprint density at radius 3 is 2.69 bits per heavy atom. The molecule has 0 aliphatic rings. The molecule has 0 aliphatic heterocycles. The highest BCUT2D eigenvalue weighted by molar-refractivity contribution is 7.20. The Morgan fingerprint density at radius 1 is 1.04 bits per heavy atom. The van der Waals surface area contributed by atoms with Gasteiger partial charge in [0, 0.05) is 17.3 Å². The average molecular weight is 379 g/mol. The van der Waals surface area contributed by atoms with E-state index in [9.17, 15) is 4.79 Å². The minimum atomic E-state index is 0.0758. The maximum atomic E-state index is 13.0. The van der Waals surface area contributed by atoms with Gasteiger partial charge in [-0.25, -0.2) is 4.98 Å². The van der Waals surface area contributed by atoms with Crippen molar-refractivity contribution in [1.29, 1.82) is 0 Å². The summed E-state index contributed by atoms with van der Waals surface area (Å²) >= 11 is 3.27. The maximum absolute atomic E-state index is 13.0. The topological polar surface area (TPSA) is 33.2 Å². The summed E-state index contributed by atoms with van der Waals surface area (Å²) in [6.45, 7) is 2.65. The number of anilines is 1. The molecule has 0 saturated carbocycles. The lowest BCUT2D eigenvalue weighted by molar-refractivity contribution is -0.118. The second-order valence-corrected chi connectivity index (χ2v) is 7.74. The number of rotatable bonds is 5. The minimum absolute atomic E-state index is 0.0758. The van der Waals surface area contributed by atoms with Gasteiger partial charge >= 0.3 is 0 Å². The number of hydrogen-bond acceptors (Lipinski definition) is 4. The fraction of sp³-hybridized carbons (Fsp3) is 0.143. The Balaban J connectivity index is 1.60. The van der Waals surface area contributed by atoms with E-state index < -0.39 is 0 Å². The van der Waals surface area contributed by atoms with Crippen molar-refractivity contribution >= 4 is 45.0 Å². The van der Waals surface area contributed by atoms with Crippen molar-refractivity contribution < 1.29 is 4.79 Å². The Hall–Kier alpha value is -2.50. The Labute approximate surface area is 160 Å². The molecule has 0 spiro atoms. The lowest BCUT2D eigenvalue weighted by atomic mass is 10.1. The maximum Gasteiger partial charge on any atom is 0.233 e. The van der Waals surface area contributed by atoms with Gasteiger partial charge < -0.3 is 4.90 Å². The molecule has 2 aromatic heterocycles. The Morgan fingerprint density at radius 2 is 1.88 bits per heavy atom. The molecule has 4 rings (SSSR count). The Kier molecular flexibility index (Phi) is 4.82. The number of amides is 1. The molecule has 0 bridgehead atoms. The second kappa shape index (κ2) is 7.40. The van der Waals surface area contributed by atoms with Gasteiger partial charge in [0.25, 0.3) is 0 Å². The third-order valence-electron chi connectivity index (χ3n) is 4.29. The van der Waals surface area contributed by atoms with E-state index in [4.69, 9.17) is 0 Å². The van der Waals surface area contributed by atoms with Crippen molar-refractivity contribution in [3.63, 3.8) is 0 Å². The van der Waals surface area contributed by atoms with Crippen LogP contribution < -0.4 is 4.90 Å². The number of thiophene rings is 1. The molecular weight excluding hydrogens is 360 g/mol. The highest BCUT2D eigenvalue weighted by atomic mass is 32.1. The molecule has 2 heterocycles. The van der Waals surface area contributed by atoms with E-state index in [2.05, 4.69) is 29.2 Å². The van der Waals surface area contributed by atoms with Crippen LogP contribution in [-0.4, -0.2) is 17.4 Å². The zero-order valence-corrected chi connectivity index (χ0v) is 16.0. The molecule has 4 aromatic rings. The van der Waals surface area contributed by atoms with Crippen molar-refractivity contribution in [3.05, 3.63) is 71.1 Å². The number of nitrogens with zero attached hydrogens (tertiary/aromatic N) is 2. The van der Waals surface area contributed by atoms with Crippen LogP contribution in [0.5, 0.6) is 0 Å². The highest BCUT2D eigenvalue weighted by Crippen LogP contribution is 2.29. The first-order valence-corrected chi connectivity index (χ1v) is 10.3. The van der Waals surface area contributed by atoms with Gasteiger partial charge in [-0.05, 0) is 29.8 Å². The van der Waals surface area contributed by atoms with E-state index in [1.54, 1.807) is 22.7 Å². The third kappa shape index (κ3) is 3.28. The molecule has 0 unspecified atom stereocenters. The number of thiazole rings is 1. The molecule has 0 fully saturated rings. The van der Waals surface area contributed by atoms with Crippen molar-refractivity contribution in [3.8, 4) is 9.88 Å². The number of carbonyl (C=O) groups is 1. The van der Waals surface area contributed by atoms with E-state index >= 15 is 0 Å². The van der Waals surface area contributed by atoms with Crippen molar-refractivity contribution in [2.45, 2.75) is 13.3 Å². The van der Waals surface area contributed by atoms with Crippen LogP contribution in [-0.2, 0) is 11.2 Å². The van der Waals surface area contributed by atoms with E-state index in [1.165, 1.54) is 0 Å². The zero-order valence-electron chi connectivity index (χ0n) is 14.4. The molecule has 26 heavy (non-hydrogen) atoms. The number of benzene rings is 2. The second-order valence-electron chi connectivity index (χ2n) is 5.93. The van der Waals surface area contributed by atoms with Crippen LogP contribution in [0.1, 0.15) is 12.6 Å². The number of carbonyl (C=O) groups excluding carboxylic acids is 1. The van der Waals surface area contributed by atoms with E-state index in [0.717, 1.165) is 32.0 Å². The summed E-state index contributed by atoms with van der Waals surface area (Å²) in [5, 5.41) is 7.26. The summed E-state index contributed by atoms with van der Waals surface area (Å²) in [7, 11) is 0. The summed E-state index contributed by atoms with van der Waals surface area (Å²) in [5.74, 6) is 0.0758. The lowest BCUT2D eigenvalue weighted by Crippen LogP contribution is -2.32. The number of hydrogen-bond donors (Lipinski definition) is 0. The monoisotopic (exact) mass is 378 g/mol. The van der Waals surface area contributed by atoms with Gasteiger partial charge in [0.05, 0.1) is 22.7 Å². The predicted octanol–water partition coefficient (Wildman–Crippen LogP) is 5.62. The van der Waals surface area contributed by atoms with Gasteiger partial charge in [0.1, 0.15) is 5.01 Å². The average Bonchev–Trinajstić information content (AvgIpc) is 3.34. The molecule has 0 atom stereocenters. The summed E-state index contributed by atoms with van der Waals surface area (Å²) < 4.78 is 0. The summed E-state index contributed by atoms with van der Waals surface area (Å²) in [4.78, 5) is 20.6.